The number of hydrogen-bond donors (Lipinski definition) is 1. The van der Waals surface area contributed by atoms with Gasteiger partial charge in [0.2, 0.25) is 0 Å². The Hall–Kier alpha value is -3.48. The standard InChI is InChI=1S/C23H24N2O5/c1-2-3-4-8-14-24-20(17-12-9-13-18(15-17)25(29)30)19(22(27)23(24)28)21(26)16-10-6-5-7-11-16/h5-7,9-13,15,20,26H,2-4,8,14H2,1H3. The van der Waals surface area contributed by atoms with Crippen LogP contribution in [0, 0.1) is 10.1 Å². The van der Waals surface area contributed by atoms with E-state index in [1.165, 1.54) is 23.1 Å². The molecule has 3 rings (SSSR count). The molecule has 1 amide bonds. The number of rotatable bonds is 8. The predicted molar refractivity (Wildman–Crippen MR) is 113 cm³/mol. The molecule has 156 valence electrons. The van der Waals surface area contributed by atoms with Gasteiger partial charge in [0, 0.05) is 24.2 Å². The van der Waals surface area contributed by atoms with Crippen molar-refractivity contribution in [1.29, 1.82) is 0 Å². The van der Waals surface area contributed by atoms with E-state index >= 15 is 0 Å². The second-order valence-corrected chi connectivity index (χ2v) is 7.27. The summed E-state index contributed by atoms with van der Waals surface area (Å²) in [7, 11) is 0. The normalized spacial score (nSPS) is 18.0. The van der Waals surface area contributed by atoms with Crippen molar-refractivity contribution in [3.05, 3.63) is 81.4 Å². The summed E-state index contributed by atoms with van der Waals surface area (Å²) in [5, 5.41) is 22.1. The molecule has 1 heterocycles. The number of nitro benzene ring substituents is 1. The summed E-state index contributed by atoms with van der Waals surface area (Å²) in [5.41, 5.74) is 0.666. The molecule has 30 heavy (non-hydrogen) atoms. The van der Waals surface area contributed by atoms with Crippen molar-refractivity contribution in [3.63, 3.8) is 0 Å². The number of aliphatic hydroxyl groups excluding tert-OH is 1. The number of Topliss-reactive ketones (excluding diaryl/α,β-unsaturated/α-hetero) is 1. The largest absolute Gasteiger partial charge is 0.507 e. The van der Waals surface area contributed by atoms with Gasteiger partial charge in [0.25, 0.3) is 17.4 Å². The van der Waals surface area contributed by atoms with Crippen molar-refractivity contribution < 1.29 is 19.6 Å². The number of carbonyl (C=O) groups excluding carboxylic acids is 2. The lowest BCUT2D eigenvalue weighted by molar-refractivity contribution is -0.384. The number of carbonyl (C=O) groups is 2. The van der Waals surface area contributed by atoms with Gasteiger partial charge in [-0.1, -0.05) is 68.7 Å². The zero-order valence-electron chi connectivity index (χ0n) is 16.8. The number of amides is 1. The van der Waals surface area contributed by atoms with Crippen LogP contribution in [-0.2, 0) is 9.59 Å². The molecule has 2 aromatic carbocycles. The molecular formula is C23H24N2O5. The van der Waals surface area contributed by atoms with Gasteiger partial charge in [0.1, 0.15) is 5.76 Å². The Labute approximate surface area is 174 Å². The molecular weight excluding hydrogens is 384 g/mol. The third-order valence-corrected chi connectivity index (χ3v) is 5.24. The third-order valence-electron chi connectivity index (χ3n) is 5.24. The third kappa shape index (κ3) is 4.25. The van der Waals surface area contributed by atoms with E-state index in [1.807, 2.05) is 0 Å². The number of unbranched alkanes of at least 4 members (excludes halogenated alkanes) is 3. The van der Waals surface area contributed by atoms with E-state index in [0.717, 1.165) is 19.3 Å². The van der Waals surface area contributed by atoms with Gasteiger partial charge in [0.05, 0.1) is 16.5 Å². The van der Waals surface area contributed by atoms with Crippen LogP contribution in [-0.4, -0.2) is 33.2 Å². The Morgan fingerprint density at radius 1 is 1.07 bits per heavy atom. The van der Waals surface area contributed by atoms with Crippen LogP contribution in [0.15, 0.2) is 60.2 Å². The van der Waals surface area contributed by atoms with E-state index in [-0.39, 0.29) is 17.0 Å². The van der Waals surface area contributed by atoms with Crippen molar-refractivity contribution in [2.45, 2.75) is 38.6 Å². The van der Waals surface area contributed by atoms with Crippen molar-refractivity contribution in [1.82, 2.24) is 4.90 Å². The second kappa shape index (κ2) is 9.35. The maximum absolute atomic E-state index is 12.9. The molecule has 0 saturated carbocycles. The molecule has 1 atom stereocenters. The van der Waals surface area contributed by atoms with E-state index in [4.69, 9.17) is 0 Å². The maximum atomic E-state index is 12.9. The smallest absolute Gasteiger partial charge is 0.295 e. The van der Waals surface area contributed by atoms with Crippen LogP contribution in [0.25, 0.3) is 5.76 Å². The average Bonchev–Trinajstić information content (AvgIpc) is 3.01. The molecule has 0 aromatic heterocycles. The fourth-order valence-corrected chi connectivity index (χ4v) is 3.73. The molecule has 1 aliphatic rings. The maximum Gasteiger partial charge on any atom is 0.295 e. The van der Waals surface area contributed by atoms with Gasteiger partial charge in [0.15, 0.2) is 0 Å². The average molecular weight is 408 g/mol. The Balaban J connectivity index is 2.10. The first-order valence-electron chi connectivity index (χ1n) is 10.0. The highest BCUT2D eigenvalue weighted by Crippen LogP contribution is 2.40. The lowest BCUT2D eigenvalue weighted by Gasteiger charge is -2.25. The summed E-state index contributed by atoms with van der Waals surface area (Å²) in [4.78, 5) is 37.9. The van der Waals surface area contributed by atoms with Crippen LogP contribution < -0.4 is 0 Å². The van der Waals surface area contributed by atoms with Crippen LogP contribution in [0.5, 0.6) is 0 Å². The Kier molecular flexibility index (Phi) is 6.61. The molecule has 1 fully saturated rings. The van der Waals surface area contributed by atoms with Gasteiger partial charge >= 0.3 is 0 Å². The Morgan fingerprint density at radius 2 is 1.80 bits per heavy atom. The van der Waals surface area contributed by atoms with Crippen LogP contribution in [0.2, 0.25) is 0 Å². The van der Waals surface area contributed by atoms with E-state index in [1.54, 1.807) is 36.4 Å². The summed E-state index contributed by atoms with van der Waals surface area (Å²) < 4.78 is 0. The topological polar surface area (TPSA) is 101 Å². The molecule has 1 saturated heterocycles. The fraction of sp³-hybridized carbons (Fsp3) is 0.304. The number of likely N-dealkylation sites (tertiary alicyclic amines) is 1. The number of hydrogen-bond acceptors (Lipinski definition) is 5. The van der Waals surface area contributed by atoms with Gasteiger partial charge in [-0.25, -0.2) is 0 Å². The summed E-state index contributed by atoms with van der Waals surface area (Å²) >= 11 is 0. The quantitative estimate of drug-likeness (QED) is 0.172. The number of aliphatic hydroxyl groups is 1. The highest BCUT2D eigenvalue weighted by Gasteiger charge is 2.46. The Morgan fingerprint density at radius 3 is 2.47 bits per heavy atom. The number of ketones is 1. The molecule has 1 N–H and O–H groups in total. The highest BCUT2D eigenvalue weighted by molar-refractivity contribution is 6.46. The predicted octanol–water partition coefficient (Wildman–Crippen LogP) is 4.60. The summed E-state index contributed by atoms with van der Waals surface area (Å²) in [6.07, 6.45) is 3.65. The second-order valence-electron chi connectivity index (χ2n) is 7.27. The minimum absolute atomic E-state index is 0.0396. The van der Waals surface area contributed by atoms with Crippen LogP contribution >= 0.6 is 0 Å². The Bertz CT molecular complexity index is 984. The number of nitro groups is 1. The minimum atomic E-state index is -0.869. The van der Waals surface area contributed by atoms with E-state index in [9.17, 15) is 24.8 Å². The molecule has 0 radical (unpaired) electrons. The van der Waals surface area contributed by atoms with E-state index in [2.05, 4.69) is 6.92 Å². The van der Waals surface area contributed by atoms with Crippen molar-refractivity contribution >= 4 is 23.1 Å². The molecule has 1 aliphatic heterocycles. The minimum Gasteiger partial charge on any atom is -0.507 e. The molecule has 1 unspecified atom stereocenters. The number of benzene rings is 2. The summed E-state index contributed by atoms with van der Waals surface area (Å²) in [6.45, 7) is 2.42. The molecule has 7 heteroatoms. The molecule has 0 aliphatic carbocycles. The molecule has 0 spiro atoms. The first-order valence-corrected chi connectivity index (χ1v) is 10.0. The number of non-ortho nitro benzene ring substituents is 1. The van der Waals surface area contributed by atoms with Gasteiger partial charge in [-0.15, -0.1) is 0 Å². The van der Waals surface area contributed by atoms with Gasteiger partial charge in [-0.3, -0.25) is 19.7 Å². The fourth-order valence-electron chi connectivity index (χ4n) is 3.73. The van der Waals surface area contributed by atoms with Gasteiger partial charge < -0.3 is 10.0 Å². The zero-order chi connectivity index (χ0) is 21.7. The first-order chi connectivity index (χ1) is 14.5. The van der Waals surface area contributed by atoms with Crippen molar-refractivity contribution in [2.24, 2.45) is 0 Å². The number of nitrogens with zero attached hydrogens (tertiary/aromatic N) is 2. The van der Waals surface area contributed by atoms with Crippen LogP contribution in [0.4, 0.5) is 5.69 Å². The van der Waals surface area contributed by atoms with Crippen LogP contribution in [0.3, 0.4) is 0 Å². The van der Waals surface area contributed by atoms with Crippen LogP contribution in [0.1, 0.15) is 49.8 Å². The van der Waals surface area contributed by atoms with Gasteiger partial charge in [-0.2, -0.15) is 0 Å². The monoisotopic (exact) mass is 408 g/mol. The van der Waals surface area contributed by atoms with Crippen molar-refractivity contribution in [3.8, 4) is 0 Å². The lowest BCUT2D eigenvalue weighted by Crippen LogP contribution is -2.30. The van der Waals surface area contributed by atoms with Gasteiger partial charge in [-0.05, 0) is 12.0 Å². The van der Waals surface area contributed by atoms with Crippen molar-refractivity contribution in [2.75, 3.05) is 6.54 Å². The van der Waals surface area contributed by atoms with E-state index < -0.39 is 22.7 Å². The molecule has 7 nitrogen and oxygen atoms in total. The molecule has 0 bridgehead atoms. The zero-order valence-corrected chi connectivity index (χ0v) is 16.8. The highest BCUT2D eigenvalue weighted by atomic mass is 16.6. The first kappa shape index (κ1) is 21.2. The van der Waals surface area contributed by atoms with E-state index in [0.29, 0.717) is 24.1 Å². The lowest BCUT2D eigenvalue weighted by atomic mass is 9.95. The SMILES string of the molecule is CCCCCCN1C(=O)C(=O)C(=C(O)c2ccccc2)C1c1cccc([N+](=O)[O-])c1. The molecule has 2 aromatic rings. The summed E-state index contributed by atoms with van der Waals surface area (Å²) in [6, 6.07) is 13.5. The summed E-state index contributed by atoms with van der Waals surface area (Å²) in [5.74, 6) is -1.75.